The highest BCUT2D eigenvalue weighted by Crippen LogP contribution is 2.28. The van der Waals surface area contributed by atoms with E-state index in [0.717, 1.165) is 37.7 Å². The summed E-state index contributed by atoms with van der Waals surface area (Å²) in [5, 5.41) is 10.3. The Balaban J connectivity index is 1.60. The van der Waals surface area contributed by atoms with Gasteiger partial charge in [0.1, 0.15) is 17.0 Å². The first-order valence-electron chi connectivity index (χ1n) is 10.5. The average Bonchev–Trinajstić information content (AvgIpc) is 3.10. The van der Waals surface area contributed by atoms with Crippen molar-refractivity contribution < 1.29 is 14.1 Å². The first-order chi connectivity index (χ1) is 13.8. The van der Waals surface area contributed by atoms with E-state index in [4.69, 9.17) is 4.52 Å². The third-order valence-electron chi connectivity index (χ3n) is 5.92. The van der Waals surface area contributed by atoms with E-state index in [1.54, 1.807) is 6.92 Å². The normalized spacial score (nSPS) is 19.6. The van der Waals surface area contributed by atoms with Gasteiger partial charge in [-0.05, 0) is 52.9 Å². The van der Waals surface area contributed by atoms with Crippen molar-refractivity contribution in [1.82, 2.24) is 15.8 Å². The van der Waals surface area contributed by atoms with Crippen molar-refractivity contribution >= 4 is 11.8 Å². The van der Waals surface area contributed by atoms with Gasteiger partial charge < -0.3 is 15.2 Å². The monoisotopic (exact) mass is 397 g/mol. The molecule has 6 nitrogen and oxygen atoms in total. The molecule has 156 valence electrons. The number of carbonyl (C=O) groups excluding carboxylic acids is 2. The van der Waals surface area contributed by atoms with Gasteiger partial charge in [-0.1, -0.05) is 42.4 Å². The van der Waals surface area contributed by atoms with Crippen LogP contribution < -0.4 is 10.6 Å². The summed E-state index contributed by atoms with van der Waals surface area (Å²) in [6.07, 6.45) is 4.05. The maximum atomic E-state index is 12.9. The molecular weight excluding hydrogens is 366 g/mol. The Bertz CT molecular complexity index is 850. The second-order valence-electron chi connectivity index (χ2n) is 8.58. The zero-order valence-electron chi connectivity index (χ0n) is 17.7. The third kappa shape index (κ3) is 5.05. The highest BCUT2D eigenvalue weighted by atomic mass is 16.5. The van der Waals surface area contributed by atoms with Gasteiger partial charge in [0.15, 0.2) is 0 Å². The van der Waals surface area contributed by atoms with Crippen LogP contribution in [0.15, 0.2) is 34.9 Å². The molecule has 1 aromatic heterocycles. The second-order valence-corrected chi connectivity index (χ2v) is 8.58. The van der Waals surface area contributed by atoms with E-state index in [0.29, 0.717) is 17.0 Å². The number of aromatic nitrogens is 1. The summed E-state index contributed by atoms with van der Waals surface area (Å²) < 4.78 is 5.30. The number of hydrogen-bond acceptors (Lipinski definition) is 4. The number of amides is 2. The fraction of sp³-hybridized carbons (Fsp3) is 0.522. The number of hydrogen-bond donors (Lipinski definition) is 2. The minimum Gasteiger partial charge on any atom is -0.360 e. The van der Waals surface area contributed by atoms with E-state index < -0.39 is 0 Å². The van der Waals surface area contributed by atoms with Gasteiger partial charge in [-0.3, -0.25) is 9.59 Å². The molecule has 1 saturated carbocycles. The van der Waals surface area contributed by atoms with Gasteiger partial charge in [-0.15, -0.1) is 0 Å². The number of rotatable bonds is 6. The number of nitrogens with zero attached hydrogens (tertiary/aromatic N) is 1. The third-order valence-corrected chi connectivity index (χ3v) is 5.92. The Labute approximate surface area is 172 Å². The van der Waals surface area contributed by atoms with E-state index >= 15 is 0 Å². The van der Waals surface area contributed by atoms with Crippen LogP contribution in [0.1, 0.15) is 69.0 Å². The van der Waals surface area contributed by atoms with Gasteiger partial charge in [-0.2, -0.15) is 0 Å². The Hall–Kier alpha value is -2.63. The summed E-state index contributed by atoms with van der Waals surface area (Å²) in [5.74, 6) is 0.493. The number of aryl methyl sites for hydroxylation is 1. The highest BCUT2D eigenvalue weighted by molar-refractivity contribution is 6.00. The van der Waals surface area contributed by atoms with Gasteiger partial charge in [-0.25, -0.2) is 0 Å². The zero-order valence-corrected chi connectivity index (χ0v) is 17.7. The van der Waals surface area contributed by atoms with Crippen LogP contribution in [0.3, 0.4) is 0 Å². The lowest BCUT2D eigenvalue weighted by molar-refractivity contribution is -0.127. The molecule has 0 atom stereocenters. The van der Waals surface area contributed by atoms with Gasteiger partial charge >= 0.3 is 0 Å². The van der Waals surface area contributed by atoms with Crippen molar-refractivity contribution in [3.8, 4) is 11.3 Å². The Morgan fingerprint density at radius 1 is 1.14 bits per heavy atom. The first-order valence-corrected chi connectivity index (χ1v) is 10.5. The maximum Gasteiger partial charge on any atom is 0.257 e. The van der Waals surface area contributed by atoms with Gasteiger partial charge in [0.2, 0.25) is 5.91 Å². The Kier molecular flexibility index (Phi) is 6.40. The predicted molar refractivity (Wildman–Crippen MR) is 112 cm³/mol. The molecule has 0 saturated heterocycles. The van der Waals surface area contributed by atoms with Crippen molar-refractivity contribution in [1.29, 1.82) is 0 Å². The van der Waals surface area contributed by atoms with E-state index in [2.05, 4.69) is 22.7 Å². The van der Waals surface area contributed by atoms with Crippen LogP contribution in [0.25, 0.3) is 11.3 Å². The van der Waals surface area contributed by atoms with Gasteiger partial charge in [0, 0.05) is 23.1 Å². The van der Waals surface area contributed by atoms with E-state index in [1.165, 1.54) is 0 Å². The standard InChI is InChI=1S/C23H31N3O3/c1-5-23(3,4)25-21(27)17-11-13-18(14-12-17)24-22(28)19-15(2)29-26-20(19)16-9-7-6-8-10-16/h6-10,17-18H,5,11-14H2,1-4H3,(H,24,28)(H,25,27). The molecular formula is C23H31N3O3. The van der Waals surface area contributed by atoms with Crippen LogP contribution in [0, 0.1) is 12.8 Å². The van der Waals surface area contributed by atoms with Crippen LogP contribution in [0.4, 0.5) is 0 Å². The van der Waals surface area contributed by atoms with Gasteiger partial charge in [0.25, 0.3) is 5.91 Å². The van der Waals surface area contributed by atoms with E-state index in [9.17, 15) is 9.59 Å². The molecule has 2 amide bonds. The molecule has 1 aliphatic carbocycles. The van der Waals surface area contributed by atoms with E-state index in [-0.39, 0.29) is 29.3 Å². The summed E-state index contributed by atoms with van der Waals surface area (Å²) in [5.41, 5.74) is 1.73. The summed E-state index contributed by atoms with van der Waals surface area (Å²) >= 11 is 0. The molecule has 1 heterocycles. The summed E-state index contributed by atoms with van der Waals surface area (Å²) in [6, 6.07) is 9.63. The van der Waals surface area contributed by atoms with Gasteiger partial charge in [0.05, 0.1) is 0 Å². The molecule has 2 aromatic rings. The summed E-state index contributed by atoms with van der Waals surface area (Å²) in [4.78, 5) is 25.5. The largest absolute Gasteiger partial charge is 0.360 e. The van der Waals surface area contributed by atoms with Crippen molar-refractivity contribution in [3.63, 3.8) is 0 Å². The number of carbonyl (C=O) groups is 2. The molecule has 0 unspecified atom stereocenters. The fourth-order valence-corrected chi connectivity index (χ4v) is 3.71. The lowest BCUT2D eigenvalue weighted by atomic mass is 9.84. The topological polar surface area (TPSA) is 84.2 Å². The van der Waals surface area contributed by atoms with Crippen molar-refractivity contribution in [2.75, 3.05) is 0 Å². The van der Waals surface area contributed by atoms with Crippen LogP contribution >= 0.6 is 0 Å². The molecule has 1 aliphatic rings. The Morgan fingerprint density at radius 2 is 1.79 bits per heavy atom. The average molecular weight is 398 g/mol. The number of benzene rings is 1. The fourth-order valence-electron chi connectivity index (χ4n) is 3.71. The molecule has 6 heteroatoms. The summed E-state index contributed by atoms with van der Waals surface area (Å²) in [7, 11) is 0. The minimum absolute atomic E-state index is 0.0196. The Morgan fingerprint density at radius 3 is 2.41 bits per heavy atom. The van der Waals surface area contributed by atoms with Crippen LogP contribution in [0.2, 0.25) is 0 Å². The van der Waals surface area contributed by atoms with Crippen molar-refractivity contribution in [3.05, 3.63) is 41.7 Å². The minimum atomic E-state index is -0.179. The SMILES string of the molecule is CCC(C)(C)NC(=O)C1CCC(NC(=O)c2c(-c3ccccc3)noc2C)CC1. The summed E-state index contributed by atoms with van der Waals surface area (Å²) in [6.45, 7) is 7.92. The quantitative estimate of drug-likeness (QED) is 0.763. The van der Waals surface area contributed by atoms with Crippen LogP contribution in [0.5, 0.6) is 0 Å². The predicted octanol–water partition coefficient (Wildman–Crippen LogP) is 4.24. The molecule has 3 rings (SSSR count). The van der Waals surface area contributed by atoms with Crippen molar-refractivity contribution in [2.45, 2.75) is 71.4 Å². The molecule has 0 bridgehead atoms. The molecule has 0 radical (unpaired) electrons. The molecule has 2 N–H and O–H groups in total. The second kappa shape index (κ2) is 8.80. The molecule has 29 heavy (non-hydrogen) atoms. The molecule has 1 aromatic carbocycles. The van der Waals surface area contributed by atoms with Crippen LogP contribution in [-0.2, 0) is 4.79 Å². The lowest BCUT2D eigenvalue weighted by Crippen LogP contribution is -2.47. The zero-order chi connectivity index (χ0) is 21.0. The maximum absolute atomic E-state index is 12.9. The lowest BCUT2D eigenvalue weighted by Gasteiger charge is -2.32. The van der Waals surface area contributed by atoms with Crippen molar-refractivity contribution in [2.24, 2.45) is 5.92 Å². The smallest absolute Gasteiger partial charge is 0.257 e. The molecule has 0 aliphatic heterocycles. The molecule has 1 fully saturated rings. The first kappa shape index (κ1) is 21.1. The van der Waals surface area contributed by atoms with E-state index in [1.807, 2.05) is 44.2 Å². The van der Waals surface area contributed by atoms with Crippen LogP contribution in [-0.4, -0.2) is 28.6 Å². The highest BCUT2D eigenvalue weighted by Gasteiger charge is 2.31. The molecule has 0 spiro atoms. The number of nitrogens with one attached hydrogen (secondary N) is 2.